The zero-order valence-corrected chi connectivity index (χ0v) is 20.3. The molecule has 4 aromatic rings. The first-order valence-corrected chi connectivity index (χ1v) is 12.2. The van der Waals surface area contributed by atoms with Crippen molar-refractivity contribution in [2.24, 2.45) is 0 Å². The third kappa shape index (κ3) is 5.23. The van der Waals surface area contributed by atoms with Gasteiger partial charge >= 0.3 is 0 Å². The van der Waals surface area contributed by atoms with E-state index in [0.717, 1.165) is 22.0 Å². The summed E-state index contributed by atoms with van der Waals surface area (Å²) in [6, 6.07) is 13.8. The fraction of sp³-hybridized carbons (Fsp3) is 0.333. The number of benzene rings is 2. The average Bonchev–Trinajstić information content (AvgIpc) is 3.45. The number of nitrogens with one attached hydrogen (secondary N) is 1. The van der Waals surface area contributed by atoms with Crippen molar-refractivity contribution in [1.29, 1.82) is 0 Å². The van der Waals surface area contributed by atoms with Gasteiger partial charge in [0.15, 0.2) is 11.0 Å². The lowest BCUT2D eigenvalue weighted by Crippen LogP contribution is -2.15. The molecule has 0 fully saturated rings. The minimum Gasteiger partial charge on any atom is -0.476 e. The number of methoxy groups -OCH3 is 1. The van der Waals surface area contributed by atoms with Gasteiger partial charge in [-0.05, 0) is 25.3 Å². The van der Waals surface area contributed by atoms with Gasteiger partial charge in [0.05, 0.1) is 25.5 Å². The monoisotopic (exact) mass is 480 g/mol. The van der Waals surface area contributed by atoms with Crippen molar-refractivity contribution in [2.45, 2.75) is 32.1 Å². The van der Waals surface area contributed by atoms with Gasteiger partial charge in [0.1, 0.15) is 5.56 Å². The lowest BCUT2D eigenvalue weighted by Gasteiger charge is -2.11. The summed E-state index contributed by atoms with van der Waals surface area (Å²) in [6.45, 7) is 6.15. The fourth-order valence-corrected chi connectivity index (χ4v) is 4.36. The minimum absolute atomic E-state index is 0.113. The van der Waals surface area contributed by atoms with Crippen molar-refractivity contribution < 1.29 is 14.3 Å². The molecule has 0 aliphatic rings. The van der Waals surface area contributed by atoms with E-state index in [0.29, 0.717) is 43.2 Å². The molecule has 1 N–H and O–H groups in total. The molecule has 178 valence electrons. The second-order valence-electron chi connectivity index (χ2n) is 7.45. The quantitative estimate of drug-likeness (QED) is 0.323. The van der Waals surface area contributed by atoms with Gasteiger partial charge in [-0.15, -0.1) is 15.3 Å². The molecule has 0 radical (unpaired) electrons. The Morgan fingerprint density at radius 2 is 1.94 bits per heavy atom. The lowest BCUT2D eigenvalue weighted by atomic mass is 10.1. The molecule has 0 bridgehead atoms. The number of carbonyl (C=O) groups excluding carboxylic acids is 1. The van der Waals surface area contributed by atoms with Gasteiger partial charge in [0, 0.05) is 30.9 Å². The SMILES string of the molecule is CCOc1nn(CC)cc1-c1nnc(SCC(=O)Nc2cccc3ccccc23)n1CCOC. The van der Waals surface area contributed by atoms with Crippen LogP contribution in [0.5, 0.6) is 5.88 Å². The Labute approximate surface area is 202 Å². The molecular formula is C24H28N6O3S. The van der Waals surface area contributed by atoms with Crippen molar-refractivity contribution in [1.82, 2.24) is 24.5 Å². The van der Waals surface area contributed by atoms with E-state index in [1.165, 1.54) is 11.8 Å². The van der Waals surface area contributed by atoms with Crippen LogP contribution >= 0.6 is 11.8 Å². The van der Waals surface area contributed by atoms with Crippen LogP contribution in [-0.2, 0) is 22.6 Å². The minimum atomic E-state index is -0.113. The molecule has 0 saturated heterocycles. The number of rotatable bonds is 11. The van der Waals surface area contributed by atoms with E-state index >= 15 is 0 Å². The van der Waals surface area contributed by atoms with E-state index in [2.05, 4.69) is 20.6 Å². The Hall–Kier alpha value is -3.37. The van der Waals surface area contributed by atoms with E-state index in [1.807, 2.05) is 67.1 Å². The highest BCUT2D eigenvalue weighted by Gasteiger charge is 2.21. The van der Waals surface area contributed by atoms with Crippen LogP contribution in [0.3, 0.4) is 0 Å². The standard InChI is InChI=1S/C24H28N6O3S/c1-4-29-15-19(23(28-29)33-5-2)22-26-27-24(30(22)13-14-32-3)34-16-21(31)25-20-12-8-10-17-9-6-7-11-18(17)20/h6-12,15H,4-5,13-14,16H2,1-3H3,(H,25,31). The molecule has 10 heteroatoms. The summed E-state index contributed by atoms with van der Waals surface area (Å²) in [4.78, 5) is 12.8. The highest BCUT2D eigenvalue weighted by Crippen LogP contribution is 2.31. The number of hydrogen-bond acceptors (Lipinski definition) is 7. The first-order valence-electron chi connectivity index (χ1n) is 11.2. The third-order valence-electron chi connectivity index (χ3n) is 5.21. The van der Waals surface area contributed by atoms with Gasteiger partial charge in [0.25, 0.3) is 0 Å². The highest BCUT2D eigenvalue weighted by atomic mass is 32.2. The van der Waals surface area contributed by atoms with E-state index in [-0.39, 0.29) is 11.7 Å². The Bertz CT molecular complexity index is 1260. The number of aromatic nitrogens is 5. The highest BCUT2D eigenvalue weighted by molar-refractivity contribution is 7.99. The first-order chi connectivity index (χ1) is 16.6. The summed E-state index contributed by atoms with van der Waals surface area (Å²) >= 11 is 1.33. The summed E-state index contributed by atoms with van der Waals surface area (Å²) in [5.74, 6) is 1.23. The van der Waals surface area contributed by atoms with E-state index < -0.39 is 0 Å². The van der Waals surface area contributed by atoms with E-state index in [4.69, 9.17) is 9.47 Å². The molecule has 0 spiro atoms. The van der Waals surface area contributed by atoms with Crippen LogP contribution in [0, 0.1) is 0 Å². The van der Waals surface area contributed by atoms with Gasteiger partial charge in [-0.1, -0.05) is 48.2 Å². The molecule has 0 aliphatic carbocycles. The van der Waals surface area contributed by atoms with Crippen LogP contribution in [0.25, 0.3) is 22.2 Å². The predicted molar refractivity (Wildman–Crippen MR) is 133 cm³/mol. The van der Waals surface area contributed by atoms with Gasteiger partial charge in [-0.25, -0.2) is 0 Å². The molecule has 0 unspecified atom stereocenters. The number of ether oxygens (including phenoxy) is 2. The summed E-state index contributed by atoms with van der Waals surface area (Å²) < 4.78 is 14.8. The Balaban J connectivity index is 1.53. The Morgan fingerprint density at radius 3 is 2.74 bits per heavy atom. The zero-order valence-electron chi connectivity index (χ0n) is 19.5. The average molecular weight is 481 g/mol. The number of aryl methyl sites for hydroxylation is 1. The van der Waals surface area contributed by atoms with Crippen LogP contribution in [0.15, 0.2) is 53.8 Å². The molecule has 9 nitrogen and oxygen atoms in total. The van der Waals surface area contributed by atoms with Crippen molar-refractivity contribution in [3.63, 3.8) is 0 Å². The van der Waals surface area contributed by atoms with Crippen molar-refractivity contribution in [3.05, 3.63) is 48.7 Å². The van der Waals surface area contributed by atoms with Crippen LogP contribution in [0.4, 0.5) is 5.69 Å². The second kappa shape index (κ2) is 11.2. The molecule has 2 heterocycles. The molecule has 2 aromatic heterocycles. The van der Waals surface area contributed by atoms with Crippen molar-refractivity contribution in [2.75, 3.05) is 31.4 Å². The Morgan fingerprint density at radius 1 is 1.12 bits per heavy atom. The van der Waals surface area contributed by atoms with Crippen LogP contribution in [-0.4, -0.2) is 56.5 Å². The zero-order chi connectivity index (χ0) is 23.9. The molecule has 4 rings (SSSR count). The fourth-order valence-electron chi connectivity index (χ4n) is 3.59. The number of hydrogen-bond donors (Lipinski definition) is 1. The summed E-state index contributed by atoms with van der Waals surface area (Å²) in [7, 11) is 1.65. The van der Waals surface area contributed by atoms with Gasteiger partial charge in [-0.2, -0.15) is 0 Å². The second-order valence-corrected chi connectivity index (χ2v) is 8.39. The molecular weight excluding hydrogens is 452 g/mol. The number of nitrogens with zero attached hydrogens (tertiary/aromatic N) is 5. The van der Waals surface area contributed by atoms with Crippen LogP contribution < -0.4 is 10.1 Å². The molecule has 0 saturated carbocycles. The normalized spacial score (nSPS) is 11.1. The summed E-state index contributed by atoms with van der Waals surface area (Å²) in [5.41, 5.74) is 1.55. The van der Waals surface area contributed by atoms with Gasteiger partial charge < -0.3 is 14.8 Å². The van der Waals surface area contributed by atoms with Crippen molar-refractivity contribution >= 4 is 34.1 Å². The third-order valence-corrected chi connectivity index (χ3v) is 6.17. The number of carbonyl (C=O) groups is 1. The largest absolute Gasteiger partial charge is 0.476 e. The number of fused-ring (bicyclic) bond motifs is 1. The molecule has 0 aliphatic heterocycles. The molecule has 1 amide bonds. The van der Waals surface area contributed by atoms with Crippen LogP contribution in [0.1, 0.15) is 13.8 Å². The predicted octanol–water partition coefficient (Wildman–Crippen LogP) is 4.09. The Kier molecular flexibility index (Phi) is 7.81. The number of amides is 1. The van der Waals surface area contributed by atoms with Gasteiger partial charge in [-0.3, -0.25) is 14.0 Å². The lowest BCUT2D eigenvalue weighted by molar-refractivity contribution is -0.113. The summed E-state index contributed by atoms with van der Waals surface area (Å²) in [5, 5.41) is 19.0. The smallest absolute Gasteiger partial charge is 0.243 e. The first kappa shape index (κ1) is 23.8. The van der Waals surface area contributed by atoms with Crippen molar-refractivity contribution in [3.8, 4) is 17.3 Å². The topological polar surface area (TPSA) is 96.1 Å². The van der Waals surface area contributed by atoms with E-state index in [1.54, 1.807) is 11.8 Å². The molecule has 34 heavy (non-hydrogen) atoms. The maximum Gasteiger partial charge on any atom is 0.243 e. The number of anilines is 1. The molecule has 0 atom stereocenters. The molecule has 2 aromatic carbocycles. The number of thioether (sulfide) groups is 1. The maximum atomic E-state index is 12.8. The summed E-state index contributed by atoms with van der Waals surface area (Å²) in [6.07, 6.45) is 1.90. The van der Waals surface area contributed by atoms with Crippen LogP contribution in [0.2, 0.25) is 0 Å². The maximum absolute atomic E-state index is 12.8. The van der Waals surface area contributed by atoms with E-state index in [9.17, 15) is 4.79 Å². The van der Waals surface area contributed by atoms with Gasteiger partial charge in [0.2, 0.25) is 11.8 Å².